The molecule has 5 heteroatoms. The molecule has 1 aliphatic heterocycles. The van der Waals surface area contributed by atoms with E-state index in [4.69, 9.17) is 0 Å². The second kappa shape index (κ2) is 5.00. The Morgan fingerprint density at radius 1 is 1.45 bits per heavy atom. The number of nitrogens with zero attached hydrogens (tertiary/aromatic N) is 2. The number of anilines is 2. The average molecular weight is 270 g/mol. The van der Waals surface area contributed by atoms with Crippen LogP contribution >= 0.6 is 0 Å². The highest BCUT2D eigenvalue weighted by molar-refractivity contribution is 6.08. The summed E-state index contributed by atoms with van der Waals surface area (Å²) in [5.41, 5.74) is 3.76. The lowest BCUT2D eigenvalue weighted by Gasteiger charge is -2.20. The van der Waals surface area contributed by atoms with Crippen LogP contribution in [0, 0.1) is 6.92 Å². The molecule has 2 aromatic rings. The van der Waals surface area contributed by atoms with Gasteiger partial charge in [0, 0.05) is 19.7 Å². The van der Waals surface area contributed by atoms with Crippen LogP contribution in [0.5, 0.6) is 0 Å². The highest BCUT2D eigenvalue weighted by Crippen LogP contribution is 2.26. The molecule has 1 aliphatic rings. The predicted molar refractivity (Wildman–Crippen MR) is 79.2 cm³/mol. The lowest BCUT2D eigenvalue weighted by Crippen LogP contribution is -2.20. The highest BCUT2D eigenvalue weighted by Gasteiger charge is 2.18. The van der Waals surface area contributed by atoms with Crippen LogP contribution < -0.4 is 10.6 Å². The van der Waals surface area contributed by atoms with Crippen molar-refractivity contribution in [1.82, 2.24) is 9.78 Å². The molecule has 0 fully saturated rings. The van der Waals surface area contributed by atoms with Crippen LogP contribution in [0.3, 0.4) is 0 Å². The molecule has 0 saturated carbocycles. The summed E-state index contributed by atoms with van der Waals surface area (Å²) < 4.78 is 1.68. The lowest BCUT2D eigenvalue weighted by molar-refractivity contribution is 0.102. The predicted octanol–water partition coefficient (Wildman–Crippen LogP) is 2.34. The molecule has 104 valence electrons. The summed E-state index contributed by atoms with van der Waals surface area (Å²) in [4.78, 5) is 12.5. The maximum absolute atomic E-state index is 12.5. The van der Waals surface area contributed by atoms with Crippen molar-refractivity contribution in [1.29, 1.82) is 0 Å². The molecule has 0 atom stereocenters. The fourth-order valence-electron chi connectivity index (χ4n) is 2.61. The molecule has 2 N–H and O–H groups in total. The van der Waals surface area contributed by atoms with E-state index in [1.165, 1.54) is 5.56 Å². The Hall–Kier alpha value is -2.30. The standard InChI is InChI=1S/C15H18N4O/c1-10-9-13(19(2)18-10)17-15(20)12-7-3-5-11-6-4-8-16-14(11)12/h3,5,7,9,16H,4,6,8H2,1-2H3,(H,17,20). The quantitative estimate of drug-likeness (QED) is 0.880. The largest absolute Gasteiger partial charge is 0.384 e. The molecule has 0 radical (unpaired) electrons. The normalized spacial score (nSPS) is 13.5. The molecule has 0 aliphatic carbocycles. The Balaban J connectivity index is 1.89. The van der Waals surface area contributed by atoms with Gasteiger partial charge in [0.2, 0.25) is 0 Å². The van der Waals surface area contributed by atoms with E-state index < -0.39 is 0 Å². The maximum Gasteiger partial charge on any atom is 0.258 e. The summed E-state index contributed by atoms with van der Waals surface area (Å²) in [6.07, 6.45) is 2.13. The van der Waals surface area contributed by atoms with Gasteiger partial charge in [-0.1, -0.05) is 12.1 Å². The Kier molecular flexibility index (Phi) is 3.18. The second-order valence-electron chi connectivity index (χ2n) is 5.12. The molecule has 0 unspecified atom stereocenters. The van der Waals surface area contributed by atoms with Crippen LogP contribution in [0.2, 0.25) is 0 Å². The Labute approximate surface area is 118 Å². The van der Waals surface area contributed by atoms with Crippen molar-refractivity contribution < 1.29 is 4.79 Å². The maximum atomic E-state index is 12.5. The Morgan fingerprint density at radius 2 is 2.30 bits per heavy atom. The van der Waals surface area contributed by atoms with Crippen molar-refractivity contribution in [2.45, 2.75) is 19.8 Å². The van der Waals surface area contributed by atoms with E-state index in [-0.39, 0.29) is 5.91 Å². The summed E-state index contributed by atoms with van der Waals surface area (Å²) in [5, 5.41) is 10.5. The van der Waals surface area contributed by atoms with Crippen LogP contribution in [0.25, 0.3) is 0 Å². The number of carbonyl (C=O) groups is 1. The van der Waals surface area contributed by atoms with Gasteiger partial charge in [0.1, 0.15) is 5.82 Å². The number of aryl methyl sites for hydroxylation is 3. The Bertz CT molecular complexity index is 660. The van der Waals surface area contributed by atoms with Gasteiger partial charge >= 0.3 is 0 Å². The number of benzene rings is 1. The van der Waals surface area contributed by atoms with Gasteiger partial charge in [-0.15, -0.1) is 0 Å². The van der Waals surface area contributed by atoms with E-state index in [0.29, 0.717) is 11.4 Å². The fraction of sp³-hybridized carbons (Fsp3) is 0.333. The van der Waals surface area contributed by atoms with Gasteiger partial charge in [-0.25, -0.2) is 0 Å². The summed E-state index contributed by atoms with van der Waals surface area (Å²) in [7, 11) is 1.82. The van der Waals surface area contributed by atoms with Gasteiger partial charge < -0.3 is 10.6 Å². The first-order chi connectivity index (χ1) is 9.65. The zero-order chi connectivity index (χ0) is 14.1. The number of nitrogens with one attached hydrogen (secondary N) is 2. The third-order valence-electron chi connectivity index (χ3n) is 3.56. The molecule has 0 bridgehead atoms. The molecule has 3 rings (SSSR count). The number of carbonyl (C=O) groups excluding carboxylic acids is 1. The Morgan fingerprint density at radius 3 is 3.05 bits per heavy atom. The van der Waals surface area contributed by atoms with Crippen molar-refractivity contribution in [3.63, 3.8) is 0 Å². The van der Waals surface area contributed by atoms with Gasteiger partial charge in [-0.2, -0.15) is 5.10 Å². The first-order valence-corrected chi connectivity index (χ1v) is 6.83. The monoisotopic (exact) mass is 270 g/mol. The topological polar surface area (TPSA) is 59.0 Å². The van der Waals surface area contributed by atoms with E-state index in [1.54, 1.807) is 4.68 Å². The number of para-hydroxylation sites is 1. The minimum Gasteiger partial charge on any atom is -0.384 e. The number of fused-ring (bicyclic) bond motifs is 1. The molecule has 20 heavy (non-hydrogen) atoms. The van der Waals surface area contributed by atoms with E-state index in [0.717, 1.165) is 30.8 Å². The minimum absolute atomic E-state index is 0.0979. The smallest absolute Gasteiger partial charge is 0.258 e. The van der Waals surface area contributed by atoms with Crippen LogP contribution in [0.4, 0.5) is 11.5 Å². The van der Waals surface area contributed by atoms with E-state index in [9.17, 15) is 4.79 Å². The summed E-state index contributed by atoms with van der Waals surface area (Å²) in [6.45, 7) is 2.82. The number of rotatable bonds is 2. The van der Waals surface area contributed by atoms with Crippen LogP contribution in [-0.4, -0.2) is 22.2 Å². The molecule has 1 amide bonds. The number of hydrogen-bond acceptors (Lipinski definition) is 3. The first-order valence-electron chi connectivity index (χ1n) is 6.83. The molecule has 1 aromatic carbocycles. The summed E-state index contributed by atoms with van der Waals surface area (Å²) in [6, 6.07) is 7.73. The zero-order valence-electron chi connectivity index (χ0n) is 11.7. The third-order valence-corrected chi connectivity index (χ3v) is 3.56. The van der Waals surface area contributed by atoms with Crippen LogP contribution in [0.1, 0.15) is 28.0 Å². The number of aromatic nitrogens is 2. The first kappa shape index (κ1) is 12.7. The number of amides is 1. The van der Waals surface area contributed by atoms with E-state index in [2.05, 4.69) is 21.8 Å². The zero-order valence-corrected chi connectivity index (χ0v) is 11.7. The molecule has 5 nitrogen and oxygen atoms in total. The average Bonchev–Trinajstić information content (AvgIpc) is 2.76. The number of hydrogen-bond donors (Lipinski definition) is 2. The third kappa shape index (κ3) is 2.27. The summed E-state index contributed by atoms with van der Waals surface area (Å²) in [5.74, 6) is 0.611. The van der Waals surface area contributed by atoms with Crippen molar-refractivity contribution in [2.75, 3.05) is 17.2 Å². The molecule has 2 heterocycles. The minimum atomic E-state index is -0.0979. The molecule has 0 saturated heterocycles. The van der Waals surface area contributed by atoms with Gasteiger partial charge in [0.25, 0.3) is 5.91 Å². The van der Waals surface area contributed by atoms with E-state index >= 15 is 0 Å². The SMILES string of the molecule is Cc1cc(NC(=O)c2cccc3c2NCCC3)n(C)n1. The van der Waals surface area contributed by atoms with Crippen molar-refractivity contribution in [3.05, 3.63) is 41.1 Å². The molecule has 0 spiro atoms. The van der Waals surface area contributed by atoms with Gasteiger partial charge in [0.05, 0.1) is 16.9 Å². The van der Waals surface area contributed by atoms with Crippen molar-refractivity contribution in [3.8, 4) is 0 Å². The lowest BCUT2D eigenvalue weighted by atomic mass is 9.99. The molecular formula is C15H18N4O. The molecule has 1 aromatic heterocycles. The van der Waals surface area contributed by atoms with Crippen molar-refractivity contribution >= 4 is 17.4 Å². The van der Waals surface area contributed by atoms with Crippen LogP contribution in [0.15, 0.2) is 24.3 Å². The van der Waals surface area contributed by atoms with Crippen molar-refractivity contribution in [2.24, 2.45) is 7.05 Å². The van der Waals surface area contributed by atoms with Gasteiger partial charge in [0.15, 0.2) is 0 Å². The highest BCUT2D eigenvalue weighted by atomic mass is 16.1. The van der Waals surface area contributed by atoms with Gasteiger partial charge in [-0.3, -0.25) is 9.48 Å². The molecular weight excluding hydrogens is 252 g/mol. The summed E-state index contributed by atoms with van der Waals surface area (Å²) >= 11 is 0. The second-order valence-corrected chi connectivity index (χ2v) is 5.12. The fourth-order valence-corrected chi connectivity index (χ4v) is 2.61. The van der Waals surface area contributed by atoms with Gasteiger partial charge in [-0.05, 0) is 31.4 Å². The van der Waals surface area contributed by atoms with Crippen LogP contribution in [-0.2, 0) is 13.5 Å². The van der Waals surface area contributed by atoms with E-state index in [1.807, 2.05) is 32.2 Å².